The van der Waals surface area contributed by atoms with Crippen molar-refractivity contribution >= 4 is 32.9 Å². The molecule has 0 saturated carbocycles. The van der Waals surface area contributed by atoms with Crippen LogP contribution in [-0.4, -0.2) is 34.8 Å². The number of ether oxygens (including phenoxy) is 1. The van der Waals surface area contributed by atoms with Gasteiger partial charge in [0.05, 0.1) is 21.8 Å². The van der Waals surface area contributed by atoms with Gasteiger partial charge < -0.3 is 4.74 Å². The molecular formula is C24H22ClFN4O4S. The van der Waals surface area contributed by atoms with Gasteiger partial charge in [0.15, 0.2) is 17.7 Å². The Morgan fingerprint density at radius 3 is 2.74 bits per heavy atom. The predicted octanol–water partition coefficient (Wildman–Crippen LogP) is 5.20. The first kappa shape index (κ1) is 23.8. The first-order valence-corrected chi connectivity index (χ1v) is 12.9. The van der Waals surface area contributed by atoms with Gasteiger partial charge in [0.1, 0.15) is 17.8 Å². The smallest absolute Gasteiger partial charge is 0.297 e. The van der Waals surface area contributed by atoms with E-state index in [4.69, 9.17) is 20.5 Å². The largest absolute Gasteiger partial charge is 0.356 e. The number of rotatable bonds is 6. The molecule has 5 rings (SSSR count). The SMILES string of the molecule is Cc1ccc(S(=O)(=O)OCc2cnc3c(-c4cccc(Cl)c4F)nn(C4CCCCO4)c3n2)cc1. The highest BCUT2D eigenvalue weighted by Gasteiger charge is 2.26. The van der Waals surface area contributed by atoms with Crippen molar-refractivity contribution in [3.63, 3.8) is 0 Å². The monoisotopic (exact) mass is 516 g/mol. The molecule has 1 fully saturated rings. The van der Waals surface area contributed by atoms with Gasteiger partial charge in [-0.2, -0.15) is 13.5 Å². The topological polar surface area (TPSA) is 96.2 Å². The summed E-state index contributed by atoms with van der Waals surface area (Å²) >= 11 is 5.99. The molecule has 1 saturated heterocycles. The van der Waals surface area contributed by atoms with Crippen LogP contribution in [0.4, 0.5) is 4.39 Å². The molecule has 35 heavy (non-hydrogen) atoms. The number of aryl methyl sites for hydroxylation is 1. The van der Waals surface area contributed by atoms with Crippen molar-refractivity contribution in [2.45, 2.75) is 43.9 Å². The molecule has 3 heterocycles. The Hall–Kier alpha value is -2.92. The van der Waals surface area contributed by atoms with Gasteiger partial charge in [0.25, 0.3) is 10.1 Å². The number of aromatic nitrogens is 4. The minimum Gasteiger partial charge on any atom is -0.356 e. The van der Waals surface area contributed by atoms with Crippen LogP contribution in [0.25, 0.3) is 22.4 Å². The molecule has 1 aliphatic rings. The van der Waals surface area contributed by atoms with Crippen molar-refractivity contribution in [1.29, 1.82) is 0 Å². The van der Waals surface area contributed by atoms with Crippen molar-refractivity contribution in [2.75, 3.05) is 6.61 Å². The van der Waals surface area contributed by atoms with Crippen molar-refractivity contribution < 1.29 is 21.7 Å². The number of hydrogen-bond acceptors (Lipinski definition) is 7. The number of benzene rings is 2. The number of halogens is 2. The normalized spacial score (nSPS) is 16.6. The highest BCUT2D eigenvalue weighted by molar-refractivity contribution is 7.86. The molecule has 0 N–H and O–H groups in total. The Morgan fingerprint density at radius 1 is 1.20 bits per heavy atom. The summed E-state index contributed by atoms with van der Waals surface area (Å²) in [6.07, 6.45) is 3.58. The van der Waals surface area contributed by atoms with E-state index in [-0.39, 0.29) is 33.5 Å². The fourth-order valence-corrected chi connectivity index (χ4v) is 4.97. The molecule has 2 aromatic carbocycles. The lowest BCUT2D eigenvalue weighted by Crippen LogP contribution is -2.19. The lowest BCUT2D eigenvalue weighted by Gasteiger charge is -2.23. The van der Waals surface area contributed by atoms with Gasteiger partial charge in [-0.25, -0.2) is 19.0 Å². The van der Waals surface area contributed by atoms with Crippen LogP contribution in [-0.2, 0) is 25.6 Å². The van der Waals surface area contributed by atoms with Gasteiger partial charge in [-0.05, 0) is 50.5 Å². The summed E-state index contributed by atoms with van der Waals surface area (Å²) in [5.41, 5.74) is 2.39. The van der Waals surface area contributed by atoms with Crippen LogP contribution in [0.2, 0.25) is 5.02 Å². The summed E-state index contributed by atoms with van der Waals surface area (Å²) < 4.78 is 52.7. The molecular weight excluding hydrogens is 495 g/mol. The van der Waals surface area contributed by atoms with E-state index < -0.39 is 22.2 Å². The molecule has 11 heteroatoms. The lowest BCUT2D eigenvalue weighted by molar-refractivity contribution is -0.0369. The number of fused-ring (bicyclic) bond motifs is 1. The van der Waals surface area contributed by atoms with Crippen molar-refractivity contribution in [2.24, 2.45) is 0 Å². The first-order valence-electron chi connectivity index (χ1n) is 11.1. The van der Waals surface area contributed by atoms with E-state index in [0.717, 1.165) is 18.4 Å². The van der Waals surface area contributed by atoms with E-state index in [1.807, 2.05) is 6.92 Å². The summed E-state index contributed by atoms with van der Waals surface area (Å²) in [6.45, 7) is 2.11. The fourth-order valence-electron chi connectivity index (χ4n) is 3.91. The minimum atomic E-state index is -3.99. The Bertz CT molecular complexity index is 1490. The third-order valence-corrected chi connectivity index (χ3v) is 7.33. The summed E-state index contributed by atoms with van der Waals surface area (Å²) in [6, 6.07) is 11.0. The van der Waals surface area contributed by atoms with Crippen LogP contribution >= 0.6 is 11.6 Å². The van der Waals surface area contributed by atoms with Gasteiger partial charge in [-0.3, -0.25) is 4.18 Å². The molecule has 0 bridgehead atoms. The second kappa shape index (κ2) is 9.62. The Labute approximate surface area is 206 Å². The van der Waals surface area contributed by atoms with Crippen molar-refractivity contribution in [3.05, 3.63) is 70.8 Å². The van der Waals surface area contributed by atoms with Gasteiger partial charge in [-0.15, -0.1) is 0 Å². The van der Waals surface area contributed by atoms with E-state index in [9.17, 15) is 12.8 Å². The van der Waals surface area contributed by atoms with Crippen molar-refractivity contribution in [3.8, 4) is 11.3 Å². The Kier molecular flexibility index (Phi) is 6.54. The molecule has 4 aromatic rings. The van der Waals surface area contributed by atoms with Crippen LogP contribution in [0.1, 0.15) is 36.7 Å². The van der Waals surface area contributed by atoms with Crippen LogP contribution < -0.4 is 0 Å². The highest BCUT2D eigenvalue weighted by Crippen LogP contribution is 2.34. The Balaban J connectivity index is 1.52. The molecule has 0 amide bonds. The third kappa shape index (κ3) is 4.79. The molecule has 1 atom stereocenters. The van der Waals surface area contributed by atoms with E-state index in [0.29, 0.717) is 24.2 Å². The second-order valence-electron chi connectivity index (χ2n) is 8.28. The maximum absolute atomic E-state index is 14.8. The van der Waals surface area contributed by atoms with Crippen molar-refractivity contribution in [1.82, 2.24) is 19.7 Å². The second-order valence-corrected chi connectivity index (χ2v) is 10.3. The molecule has 1 aliphatic heterocycles. The van der Waals surface area contributed by atoms with E-state index in [2.05, 4.69) is 15.1 Å². The van der Waals surface area contributed by atoms with Crippen LogP contribution in [0.15, 0.2) is 53.6 Å². The van der Waals surface area contributed by atoms with Gasteiger partial charge in [-0.1, -0.05) is 35.4 Å². The molecule has 0 aliphatic carbocycles. The Morgan fingerprint density at radius 2 is 2.00 bits per heavy atom. The van der Waals surface area contributed by atoms with E-state index in [1.54, 1.807) is 28.9 Å². The zero-order valence-electron chi connectivity index (χ0n) is 18.8. The lowest BCUT2D eigenvalue weighted by atomic mass is 10.1. The zero-order chi connectivity index (χ0) is 24.6. The summed E-state index contributed by atoms with van der Waals surface area (Å²) in [7, 11) is -3.99. The number of hydrogen-bond donors (Lipinski definition) is 0. The van der Waals surface area contributed by atoms with E-state index in [1.165, 1.54) is 24.4 Å². The van der Waals surface area contributed by atoms with Crippen LogP contribution in [0.5, 0.6) is 0 Å². The minimum absolute atomic E-state index is 0.0293. The summed E-state index contributed by atoms with van der Waals surface area (Å²) in [5.74, 6) is -0.608. The average molecular weight is 517 g/mol. The molecule has 0 radical (unpaired) electrons. The zero-order valence-corrected chi connectivity index (χ0v) is 20.4. The maximum Gasteiger partial charge on any atom is 0.297 e. The predicted molar refractivity (Wildman–Crippen MR) is 128 cm³/mol. The average Bonchev–Trinajstić information content (AvgIpc) is 3.24. The first-order chi connectivity index (χ1) is 16.8. The quantitative estimate of drug-likeness (QED) is 0.325. The highest BCUT2D eigenvalue weighted by atomic mass is 35.5. The fraction of sp³-hybridized carbons (Fsp3) is 0.292. The molecule has 0 spiro atoms. The molecule has 1 unspecified atom stereocenters. The van der Waals surface area contributed by atoms with Gasteiger partial charge in [0.2, 0.25) is 0 Å². The molecule has 8 nitrogen and oxygen atoms in total. The van der Waals surface area contributed by atoms with Gasteiger partial charge >= 0.3 is 0 Å². The summed E-state index contributed by atoms with van der Waals surface area (Å²) in [4.78, 5) is 9.07. The maximum atomic E-state index is 14.8. The number of nitrogens with zero attached hydrogens (tertiary/aromatic N) is 4. The van der Waals surface area contributed by atoms with Crippen LogP contribution in [0, 0.1) is 12.7 Å². The van der Waals surface area contributed by atoms with Crippen LogP contribution in [0.3, 0.4) is 0 Å². The van der Waals surface area contributed by atoms with Gasteiger partial charge in [0, 0.05) is 12.2 Å². The molecule has 2 aromatic heterocycles. The summed E-state index contributed by atoms with van der Waals surface area (Å²) in [5, 5.41) is 4.57. The third-order valence-electron chi connectivity index (χ3n) is 5.76. The molecule has 182 valence electrons. The van der Waals surface area contributed by atoms with E-state index >= 15 is 0 Å². The standard InChI is InChI=1S/C24H22ClFN4O4S/c1-15-8-10-17(11-9-15)35(31,32)34-14-16-13-27-23-22(18-5-4-6-19(25)21(18)26)29-30(24(23)28-16)20-7-2-3-12-33-20/h4-6,8-11,13,20H,2-3,7,12,14H2,1H3.